The molecule has 7 nitrogen and oxygen atoms in total. The number of pyridine rings is 1. The van der Waals surface area contributed by atoms with Gasteiger partial charge < -0.3 is 20.3 Å². The molecule has 0 spiro atoms. The minimum absolute atomic E-state index is 0.318. The summed E-state index contributed by atoms with van der Waals surface area (Å²) in [7, 11) is 1.75. The number of carbonyl (C=O) groups excluding carboxylic acids is 1. The summed E-state index contributed by atoms with van der Waals surface area (Å²) in [6.45, 7) is 10.2. The number of aromatic nitrogens is 1. The van der Waals surface area contributed by atoms with Crippen molar-refractivity contribution in [3.05, 3.63) is 52.0 Å². The van der Waals surface area contributed by atoms with E-state index in [1.807, 2.05) is 32.9 Å². The van der Waals surface area contributed by atoms with Crippen LogP contribution in [0.15, 0.2) is 41.7 Å². The largest absolute Gasteiger partial charge is 0.444 e. The van der Waals surface area contributed by atoms with Gasteiger partial charge in [-0.05, 0) is 57.9 Å². The van der Waals surface area contributed by atoms with Crippen molar-refractivity contribution in [1.82, 2.24) is 20.5 Å². The smallest absolute Gasteiger partial charge is 0.410 e. The van der Waals surface area contributed by atoms with Crippen molar-refractivity contribution in [2.75, 3.05) is 20.1 Å². The van der Waals surface area contributed by atoms with Gasteiger partial charge in [-0.15, -0.1) is 11.3 Å². The zero-order valence-corrected chi connectivity index (χ0v) is 19.4. The molecule has 0 aromatic carbocycles. The number of thiophene rings is 1. The maximum Gasteiger partial charge on any atom is 0.410 e. The van der Waals surface area contributed by atoms with Gasteiger partial charge in [0.25, 0.3) is 0 Å². The fourth-order valence-corrected chi connectivity index (χ4v) is 3.55. The molecule has 0 atom stereocenters. The highest BCUT2D eigenvalue weighted by Crippen LogP contribution is 2.14. The van der Waals surface area contributed by atoms with Gasteiger partial charge in [0, 0.05) is 42.3 Å². The Labute approximate surface area is 183 Å². The molecule has 2 N–H and O–H groups in total. The standard InChI is InChI=1S/C22H33N5O2S/c1-17-9-10-19(30-17)15-26-20(23-5)25-12-7-13-27(21(28)29-22(2,3)4)16-18-8-6-11-24-14-18/h6,8-11,14H,7,12-13,15-16H2,1-5H3,(H2,23,25,26). The zero-order valence-electron chi connectivity index (χ0n) is 18.6. The van der Waals surface area contributed by atoms with Gasteiger partial charge >= 0.3 is 6.09 Å². The summed E-state index contributed by atoms with van der Waals surface area (Å²) in [4.78, 5) is 25.3. The summed E-state index contributed by atoms with van der Waals surface area (Å²) in [5.41, 5.74) is 0.439. The van der Waals surface area contributed by atoms with Crippen molar-refractivity contribution in [2.45, 2.75) is 52.8 Å². The van der Waals surface area contributed by atoms with Crippen LogP contribution in [0, 0.1) is 6.92 Å². The quantitative estimate of drug-likeness (QED) is 0.376. The number of rotatable bonds is 8. The van der Waals surface area contributed by atoms with Crippen LogP contribution in [0.4, 0.5) is 4.79 Å². The number of nitrogens with one attached hydrogen (secondary N) is 2. The lowest BCUT2D eigenvalue weighted by atomic mass is 10.2. The van der Waals surface area contributed by atoms with Gasteiger partial charge in [0.2, 0.25) is 0 Å². The van der Waals surface area contributed by atoms with E-state index in [1.165, 1.54) is 9.75 Å². The topological polar surface area (TPSA) is 78.9 Å². The second kappa shape index (κ2) is 11.5. The summed E-state index contributed by atoms with van der Waals surface area (Å²) in [5.74, 6) is 0.747. The van der Waals surface area contributed by atoms with E-state index in [0.717, 1.165) is 24.5 Å². The van der Waals surface area contributed by atoms with Gasteiger partial charge in [0.1, 0.15) is 5.60 Å². The van der Waals surface area contributed by atoms with Crippen LogP contribution in [0.25, 0.3) is 0 Å². The maximum atomic E-state index is 12.6. The second-order valence-electron chi connectivity index (χ2n) is 7.98. The lowest BCUT2D eigenvalue weighted by Gasteiger charge is -2.27. The Kier molecular flexibility index (Phi) is 9.11. The number of hydrogen-bond donors (Lipinski definition) is 2. The minimum atomic E-state index is -0.533. The van der Waals surface area contributed by atoms with E-state index in [-0.39, 0.29) is 6.09 Å². The van der Waals surface area contributed by atoms with Crippen molar-refractivity contribution in [2.24, 2.45) is 4.99 Å². The van der Waals surface area contributed by atoms with E-state index in [0.29, 0.717) is 19.6 Å². The first-order valence-corrected chi connectivity index (χ1v) is 10.9. The van der Waals surface area contributed by atoms with Crippen LogP contribution in [-0.4, -0.2) is 47.7 Å². The number of aryl methyl sites for hydroxylation is 1. The van der Waals surface area contributed by atoms with Gasteiger partial charge in [-0.1, -0.05) is 6.07 Å². The number of guanidine groups is 1. The molecule has 1 amide bonds. The van der Waals surface area contributed by atoms with E-state index in [2.05, 4.69) is 39.7 Å². The van der Waals surface area contributed by atoms with Crippen molar-refractivity contribution in [1.29, 1.82) is 0 Å². The molecular weight excluding hydrogens is 398 g/mol. The highest BCUT2D eigenvalue weighted by molar-refractivity contribution is 7.11. The van der Waals surface area contributed by atoms with Gasteiger partial charge in [-0.2, -0.15) is 0 Å². The van der Waals surface area contributed by atoms with Crippen molar-refractivity contribution in [3.8, 4) is 0 Å². The molecule has 30 heavy (non-hydrogen) atoms. The Hall–Kier alpha value is -2.61. The summed E-state index contributed by atoms with van der Waals surface area (Å²) in [6, 6.07) is 8.07. The molecule has 0 saturated heterocycles. The molecule has 0 saturated carbocycles. The predicted molar refractivity (Wildman–Crippen MR) is 123 cm³/mol. The molecule has 2 aromatic rings. The Morgan fingerprint density at radius 1 is 1.27 bits per heavy atom. The van der Waals surface area contributed by atoms with Gasteiger partial charge in [0.05, 0.1) is 13.1 Å². The molecule has 0 fully saturated rings. The maximum absolute atomic E-state index is 12.6. The van der Waals surface area contributed by atoms with Crippen LogP contribution < -0.4 is 10.6 Å². The first-order valence-electron chi connectivity index (χ1n) is 10.1. The SMILES string of the molecule is CN=C(NCCCN(Cc1cccnc1)C(=O)OC(C)(C)C)NCc1ccc(C)s1. The van der Waals surface area contributed by atoms with E-state index < -0.39 is 5.60 Å². The first kappa shape index (κ1) is 23.7. The summed E-state index contributed by atoms with van der Waals surface area (Å²) in [6.07, 6.45) is 3.94. The molecule has 0 aliphatic carbocycles. The lowest BCUT2D eigenvalue weighted by Crippen LogP contribution is -2.40. The van der Waals surface area contributed by atoms with E-state index in [9.17, 15) is 4.79 Å². The molecule has 2 heterocycles. The summed E-state index contributed by atoms with van der Waals surface area (Å²) < 4.78 is 5.57. The Balaban J connectivity index is 1.83. The first-order chi connectivity index (χ1) is 14.3. The van der Waals surface area contributed by atoms with E-state index in [4.69, 9.17) is 4.74 Å². The van der Waals surface area contributed by atoms with Crippen molar-refractivity contribution in [3.63, 3.8) is 0 Å². The van der Waals surface area contributed by atoms with E-state index >= 15 is 0 Å². The molecule has 0 aliphatic rings. The number of carbonyl (C=O) groups is 1. The summed E-state index contributed by atoms with van der Waals surface area (Å²) in [5, 5.41) is 6.62. The molecule has 8 heteroatoms. The number of amides is 1. The average Bonchev–Trinajstić information content (AvgIpc) is 3.11. The molecule has 164 valence electrons. The fraction of sp³-hybridized carbons (Fsp3) is 0.500. The van der Waals surface area contributed by atoms with Crippen LogP contribution in [0.2, 0.25) is 0 Å². The van der Waals surface area contributed by atoms with Crippen molar-refractivity contribution < 1.29 is 9.53 Å². The molecule has 2 aromatic heterocycles. The summed E-state index contributed by atoms with van der Waals surface area (Å²) >= 11 is 1.77. The predicted octanol–water partition coefficient (Wildman–Crippen LogP) is 3.94. The van der Waals surface area contributed by atoms with Crippen LogP contribution in [0.5, 0.6) is 0 Å². The Morgan fingerprint density at radius 2 is 2.07 bits per heavy atom. The molecule has 0 aliphatic heterocycles. The van der Waals surface area contributed by atoms with Crippen LogP contribution in [0.1, 0.15) is 42.5 Å². The third-order valence-electron chi connectivity index (χ3n) is 4.09. The number of nitrogens with zero attached hydrogens (tertiary/aromatic N) is 3. The molecule has 0 radical (unpaired) electrons. The second-order valence-corrected chi connectivity index (χ2v) is 9.35. The third-order valence-corrected chi connectivity index (χ3v) is 5.10. The average molecular weight is 432 g/mol. The number of hydrogen-bond acceptors (Lipinski definition) is 5. The van der Waals surface area contributed by atoms with Crippen molar-refractivity contribution >= 4 is 23.4 Å². The molecular formula is C22H33N5O2S. The lowest BCUT2D eigenvalue weighted by molar-refractivity contribution is 0.0232. The Bertz CT molecular complexity index is 814. The third kappa shape index (κ3) is 8.82. The van der Waals surface area contributed by atoms with Gasteiger partial charge in [-0.3, -0.25) is 9.98 Å². The van der Waals surface area contributed by atoms with Crippen LogP contribution in [-0.2, 0) is 17.8 Å². The Morgan fingerprint density at radius 3 is 2.67 bits per heavy atom. The normalized spacial score (nSPS) is 11.8. The highest BCUT2D eigenvalue weighted by Gasteiger charge is 2.22. The van der Waals surface area contributed by atoms with Gasteiger partial charge in [-0.25, -0.2) is 4.79 Å². The molecule has 0 bridgehead atoms. The fourth-order valence-electron chi connectivity index (χ4n) is 2.72. The highest BCUT2D eigenvalue weighted by atomic mass is 32.1. The zero-order chi connectivity index (χ0) is 22.0. The van der Waals surface area contributed by atoms with Gasteiger partial charge in [0.15, 0.2) is 5.96 Å². The number of aliphatic imine (C=N–C) groups is 1. The monoisotopic (exact) mass is 431 g/mol. The molecule has 0 unspecified atom stereocenters. The van der Waals surface area contributed by atoms with Crippen LogP contribution >= 0.6 is 11.3 Å². The number of ether oxygens (including phenoxy) is 1. The minimum Gasteiger partial charge on any atom is -0.444 e. The van der Waals surface area contributed by atoms with Crippen LogP contribution in [0.3, 0.4) is 0 Å². The van der Waals surface area contributed by atoms with E-state index in [1.54, 1.807) is 35.7 Å². The molecule has 2 rings (SSSR count).